The first-order chi connectivity index (χ1) is 15.0. The summed E-state index contributed by atoms with van der Waals surface area (Å²) in [5.41, 5.74) is 1.64. The Labute approximate surface area is 190 Å². The monoisotopic (exact) mass is 459 g/mol. The number of anilines is 1. The third-order valence-corrected chi connectivity index (χ3v) is 6.75. The molecular formula is C21H25N5O3S2. The smallest absolute Gasteiger partial charge is 0.267 e. The minimum absolute atomic E-state index is 0.175. The molecule has 1 amide bonds. The zero-order valence-electron chi connectivity index (χ0n) is 17.6. The molecule has 0 unspecified atom stereocenters. The first kappa shape index (κ1) is 21.9. The highest BCUT2D eigenvalue weighted by Gasteiger charge is 2.31. The third kappa shape index (κ3) is 4.52. The number of pyridine rings is 1. The van der Waals surface area contributed by atoms with Gasteiger partial charge in [0, 0.05) is 38.9 Å². The number of thiocarbonyl (C=S) groups is 1. The molecule has 0 bridgehead atoms. The normalized spacial score (nSPS) is 19.0. The Bertz CT molecular complexity index is 1110. The van der Waals surface area contributed by atoms with Crippen LogP contribution in [-0.4, -0.2) is 75.3 Å². The Morgan fingerprint density at radius 1 is 1.32 bits per heavy atom. The summed E-state index contributed by atoms with van der Waals surface area (Å²) in [6, 6.07) is 3.74. The van der Waals surface area contributed by atoms with Crippen LogP contribution in [0.1, 0.15) is 18.1 Å². The SMILES string of the molecule is CCN1C(=O)C(=Cc2c(NCCN3CCOCC3)nc3c(C)cccn3c2=O)SC1=S. The van der Waals surface area contributed by atoms with Crippen LogP contribution in [-0.2, 0) is 9.53 Å². The molecule has 31 heavy (non-hydrogen) atoms. The summed E-state index contributed by atoms with van der Waals surface area (Å²) >= 11 is 6.53. The quantitative estimate of drug-likeness (QED) is 0.519. The van der Waals surface area contributed by atoms with Gasteiger partial charge in [0.2, 0.25) is 0 Å². The van der Waals surface area contributed by atoms with Gasteiger partial charge in [0.25, 0.3) is 11.5 Å². The first-order valence-corrected chi connectivity index (χ1v) is 11.5. The van der Waals surface area contributed by atoms with Gasteiger partial charge >= 0.3 is 0 Å². The number of aromatic nitrogens is 2. The van der Waals surface area contributed by atoms with Crippen LogP contribution >= 0.6 is 24.0 Å². The van der Waals surface area contributed by atoms with E-state index in [1.165, 1.54) is 21.1 Å². The van der Waals surface area contributed by atoms with E-state index >= 15 is 0 Å². The average Bonchev–Trinajstić information content (AvgIpc) is 3.04. The van der Waals surface area contributed by atoms with Crippen LogP contribution in [0.2, 0.25) is 0 Å². The van der Waals surface area contributed by atoms with E-state index in [1.807, 2.05) is 26.0 Å². The highest BCUT2D eigenvalue weighted by Crippen LogP contribution is 2.32. The molecular weight excluding hydrogens is 434 g/mol. The van der Waals surface area contributed by atoms with Crippen LogP contribution in [0.15, 0.2) is 28.0 Å². The fraction of sp³-hybridized carbons (Fsp3) is 0.429. The number of carbonyl (C=O) groups is 1. The number of nitrogens with one attached hydrogen (secondary N) is 1. The summed E-state index contributed by atoms with van der Waals surface area (Å²) in [6.45, 7) is 9.00. The zero-order chi connectivity index (χ0) is 22.0. The highest BCUT2D eigenvalue weighted by atomic mass is 32.2. The second kappa shape index (κ2) is 9.47. The Morgan fingerprint density at radius 3 is 2.81 bits per heavy atom. The summed E-state index contributed by atoms with van der Waals surface area (Å²) in [5, 5.41) is 3.33. The lowest BCUT2D eigenvalue weighted by atomic mass is 10.2. The number of fused-ring (bicyclic) bond motifs is 1. The van der Waals surface area contributed by atoms with E-state index in [0.717, 1.165) is 38.4 Å². The standard InChI is InChI=1S/C21H25N5O3S2/c1-3-25-20(28)16(31-21(25)30)13-15-17(22-6-8-24-9-11-29-12-10-24)23-18-14(2)5-4-7-26(18)19(15)27/h4-5,7,13,22H,3,6,8-12H2,1-2H3. The number of amides is 1. The third-order valence-electron chi connectivity index (χ3n) is 5.37. The van der Waals surface area contributed by atoms with Crippen molar-refractivity contribution in [2.45, 2.75) is 13.8 Å². The molecule has 4 heterocycles. The van der Waals surface area contributed by atoms with Gasteiger partial charge in [-0.1, -0.05) is 30.0 Å². The van der Waals surface area contributed by atoms with Gasteiger partial charge < -0.3 is 10.1 Å². The topological polar surface area (TPSA) is 79.2 Å². The number of carbonyl (C=O) groups excluding carboxylic acids is 1. The molecule has 8 nitrogen and oxygen atoms in total. The van der Waals surface area contributed by atoms with Crippen molar-refractivity contribution >= 4 is 51.7 Å². The van der Waals surface area contributed by atoms with Crippen molar-refractivity contribution in [3.05, 3.63) is 44.7 Å². The molecule has 0 spiro atoms. The van der Waals surface area contributed by atoms with Gasteiger partial charge in [-0.25, -0.2) is 4.98 Å². The van der Waals surface area contributed by atoms with Crippen molar-refractivity contribution in [1.82, 2.24) is 19.2 Å². The molecule has 4 rings (SSSR count). The molecule has 1 N–H and O–H groups in total. The molecule has 2 aliphatic heterocycles. The molecule has 164 valence electrons. The van der Waals surface area contributed by atoms with E-state index < -0.39 is 0 Å². The average molecular weight is 460 g/mol. The molecule has 0 aliphatic carbocycles. The maximum Gasteiger partial charge on any atom is 0.267 e. The second-order valence-electron chi connectivity index (χ2n) is 7.37. The molecule has 2 aromatic heterocycles. The fourth-order valence-corrected chi connectivity index (χ4v) is 5.00. The van der Waals surface area contributed by atoms with E-state index in [-0.39, 0.29) is 11.5 Å². The van der Waals surface area contributed by atoms with Gasteiger partial charge in [-0.3, -0.25) is 23.8 Å². The lowest BCUT2D eigenvalue weighted by Crippen LogP contribution is -2.39. The maximum atomic E-state index is 13.3. The van der Waals surface area contributed by atoms with Gasteiger partial charge in [-0.05, 0) is 31.6 Å². The van der Waals surface area contributed by atoms with Crippen LogP contribution in [0.4, 0.5) is 5.82 Å². The molecule has 0 radical (unpaired) electrons. The van der Waals surface area contributed by atoms with E-state index in [2.05, 4.69) is 10.2 Å². The number of hydrogen-bond donors (Lipinski definition) is 1. The van der Waals surface area contributed by atoms with Crippen LogP contribution in [0, 0.1) is 6.92 Å². The molecule has 2 aromatic rings. The minimum Gasteiger partial charge on any atom is -0.379 e. The van der Waals surface area contributed by atoms with Gasteiger partial charge in [0.1, 0.15) is 15.8 Å². The number of hydrogen-bond acceptors (Lipinski definition) is 8. The van der Waals surface area contributed by atoms with Gasteiger partial charge in [-0.2, -0.15) is 0 Å². The Hall–Kier alpha value is -2.27. The summed E-state index contributed by atoms with van der Waals surface area (Å²) in [6.07, 6.45) is 3.32. The lowest BCUT2D eigenvalue weighted by Gasteiger charge is -2.26. The number of likely N-dealkylation sites (N-methyl/N-ethyl adjacent to an activating group) is 1. The summed E-state index contributed by atoms with van der Waals surface area (Å²) < 4.78 is 7.42. The number of aryl methyl sites for hydroxylation is 1. The van der Waals surface area contributed by atoms with Crippen LogP contribution in [0.5, 0.6) is 0 Å². The highest BCUT2D eigenvalue weighted by molar-refractivity contribution is 8.26. The van der Waals surface area contributed by atoms with Crippen molar-refractivity contribution in [3.8, 4) is 0 Å². The molecule has 0 atom stereocenters. The summed E-state index contributed by atoms with van der Waals surface area (Å²) in [5.74, 6) is 0.305. The van der Waals surface area contributed by atoms with Crippen molar-refractivity contribution in [3.63, 3.8) is 0 Å². The van der Waals surface area contributed by atoms with E-state index in [4.69, 9.17) is 21.9 Å². The summed E-state index contributed by atoms with van der Waals surface area (Å²) in [7, 11) is 0. The largest absolute Gasteiger partial charge is 0.379 e. The van der Waals surface area contributed by atoms with Crippen molar-refractivity contribution in [2.24, 2.45) is 0 Å². The number of ether oxygens (including phenoxy) is 1. The number of rotatable bonds is 6. The van der Waals surface area contributed by atoms with Crippen molar-refractivity contribution in [1.29, 1.82) is 0 Å². The fourth-order valence-electron chi connectivity index (χ4n) is 3.64. The van der Waals surface area contributed by atoms with Crippen LogP contribution < -0.4 is 10.9 Å². The Kier molecular flexibility index (Phi) is 6.71. The van der Waals surface area contributed by atoms with Gasteiger partial charge in [-0.15, -0.1) is 0 Å². The van der Waals surface area contributed by atoms with Gasteiger partial charge in [0.15, 0.2) is 0 Å². The zero-order valence-corrected chi connectivity index (χ0v) is 19.2. The molecule has 2 aliphatic rings. The predicted molar refractivity (Wildman–Crippen MR) is 128 cm³/mol. The molecule has 0 aromatic carbocycles. The van der Waals surface area contributed by atoms with Crippen molar-refractivity contribution < 1.29 is 9.53 Å². The van der Waals surface area contributed by atoms with Crippen LogP contribution in [0.3, 0.4) is 0 Å². The lowest BCUT2D eigenvalue weighted by molar-refractivity contribution is -0.121. The molecule has 10 heteroatoms. The van der Waals surface area contributed by atoms with Crippen molar-refractivity contribution in [2.75, 3.05) is 51.3 Å². The number of thioether (sulfide) groups is 1. The van der Waals surface area contributed by atoms with Crippen LogP contribution in [0.25, 0.3) is 11.7 Å². The van der Waals surface area contributed by atoms with E-state index in [1.54, 1.807) is 12.3 Å². The first-order valence-electron chi connectivity index (χ1n) is 10.3. The molecule has 2 saturated heterocycles. The van der Waals surface area contributed by atoms with E-state index in [0.29, 0.717) is 39.3 Å². The molecule has 0 saturated carbocycles. The molecule has 2 fully saturated rings. The maximum absolute atomic E-state index is 13.3. The van der Waals surface area contributed by atoms with Gasteiger partial charge in [0.05, 0.1) is 23.7 Å². The number of nitrogens with zero attached hydrogens (tertiary/aromatic N) is 4. The Morgan fingerprint density at radius 2 is 2.10 bits per heavy atom. The number of morpholine rings is 1. The Balaban J connectivity index is 1.70. The second-order valence-corrected chi connectivity index (χ2v) is 9.05. The summed E-state index contributed by atoms with van der Waals surface area (Å²) in [4.78, 5) is 35.1. The van der Waals surface area contributed by atoms with E-state index in [9.17, 15) is 9.59 Å². The predicted octanol–water partition coefficient (Wildman–Crippen LogP) is 1.97. The minimum atomic E-state index is -0.218.